The van der Waals surface area contributed by atoms with E-state index in [4.69, 9.17) is 0 Å². The maximum atomic E-state index is 11.9. The quantitative estimate of drug-likeness (QED) is 0.549. The van der Waals surface area contributed by atoms with Gasteiger partial charge in [0.15, 0.2) is 0 Å². The van der Waals surface area contributed by atoms with E-state index in [9.17, 15) is 18.0 Å². The highest BCUT2D eigenvalue weighted by atomic mass is 19.4. The highest BCUT2D eigenvalue weighted by Gasteiger charge is 2.43. The van der Waals surface area contributed by atoms with Gasteiger partial charge in [-0.05, 0) is 6.92 Å². The van der Waals surface area contributed by atoms with Crippen molar-refractivity contribution in [2.45, 2.75) is 19.6 Å². The fourth-order valence-corrected chi connectivity index (χ4v) is 1.02. The molecule has 0 unspecified atom stereocenters. The number of ether oxygens (including phenoxy) is 1. The van der Waals surface area contributed by atoms with Crippen LogP contribution in [0.5, 0.6) is 6.01 Å². The van der Waals surface area contributed by atoms with Crippen molar-refractivity contribution in [2.75, 3.05) is 0 Å². The number of aromatic nitrogens is 2. The van der Waals surface area contributed by atoms with Crippen molar-refractivity contribution in [3.8, 4) is 6.01 Å². The van der Waals surface area contributed by atoms with E-state index in [1.165, 1.54) is 28.6 Å². The summed E-state index contributed by atoms with van der Waals surface area (Å²) in [5.74, 6) is -2.22. The molecule has 15 heavy (non-hydrogen) atoms. The molecule has 0 amide bonds. The van der Waals surface area contributed by atoms with Crippen molar-refractivity contribution in [1.29, 1.82) is 0 Å². The Bertz CT molecular complexity index is 370. The zero-order valence-corrected chi connectivity index (χ0v) is 8.21. The third-order valence-electron chi connectivity index (χ3n) is 1.77. The number of imidazole rings is 1. The summed E-state index contributed by atoms with van der Waals surface area (Å²) in [7, 11) is 1.49. The molecule has 1 heterocycles. The van der Waals surface area contributed by atoms with Crippen LogP contribution in [0.25, 0.3) is 0 Å². The molecule has 0 aliphatic carbocycles. The molecule has 0 radical (unpaired) electrons. The van der Waals surface area contributed by atoms with Crippen molar-refractivity contribution < 1.29 is 27.3 Å². The molecule has 0 aliphatic rings. The number of alkyl halides is 3. The highest BCUT2D eigenvalue weighted by Crippen LogP contribution is 2.18. The van der Waals surface area contributed by atoms with E-state index in [1.807, 2.05) is 0 Å². The molecule has 0 saturated heterocycles. The molecule has 0 saturated carbocycles. The number of rotatable bonds is 2. The zero-order chi connectivity index (χ0) is 11.6. The predicted octanol–water partition coefficient (Wildman–Crippen LogP) is 0.800. The van der Waals surface area contributed by atoms with Crippen LogP contribution in [-0.4, -0.2) is 16.7 Å². The summed E-state index contributed by atoms with van der Waals surface area (Å²) in [6.07, 6.45) is -1.95. The second-order valence-electron chi connectivity index (χ2n) is 2.86. The molecule has 0 N–H and O–H groups in total. The molecule has 0 fully saturated rings. The fourth-order valence-electron chi connectivity index (χ4n) is 1.02. The molecular weight excluding hydrogens is 213 g/mol. The topological polar surface area (TPSA) is 35.1 Å². The number of hydrogen-bond acceptors (Lipinski definition) is 2. The minimum Gasteiger partial charge on any atom is -0.350 e. The van der Waals surface area contributed by atoms with Gasteiger partial charge < -0.3 is 4.74 Å². The van der Waals surface area contributed by atoms with E-state index in [1.54, 1.807) is 6.92 Å². The third-order valence-corrected chi connectivity index (χ3v) is 1.77. The standard InChI is InChI=1S/C8H10F3N2O2/c1-3-13-5-4-12(2)7(13)15-6(14)8(9,10)11/h4-5H,3H2,1-2H3/q+1. The largest absolute Gasteiger partial charge is 0.491 e. The van der Waals surface area contributed by atoms with E-state index >= 15 is 0 Å². The number of esters is 1. The molecule has 1 aromatic rings. The highest BCUT2D eigenvalue weighted by molar-refractivity contribution is 5.77. The lowest BCUT2D eigenvalue weighted by Gasteiger charge is -2.04. The van der Waals surface area contributed by atoms with Crippen LogP contribution in [0.1, 0.15) is 6.92 Å². The first-order valence-electron chi connectivity index (χ1n) is 4.20. The molecule has 4 nitrogen and oxygen atoms in total. The fraction of sp³-hybridized carbons (Fsp3) is 0.500. The Morgan fingerprint density at radius 3 is 2.67 bits per heavy atom. The third kappa shape index (κ3) is 2.48. The molecule has 0 bridgehead atoms. The van der Waals surface area contributed by atoms with Gasteiger partial charge in [-0.15, -0.1) is 0 Å². The van der Waals surface area contributed by atoms with Gasteiger partial charge in [0.2, 0.25) is 0 Å². The van der Waals surface area contributed by atoms with Crippen LogP contribution in [0.15, 0.2) is 12.4 Å². The minimum absolute atomic E-state index is 0.139. The van der Waals surface area contributed by atoms with Crippen LogP contribution < -0.4 is 9.30 Å². The second kappa shape index (κ2) is 3.92. The van der Waals surface area contributed by atoms with Crippen LogP contribution in [0.3, 0.4) is 0 Å². The van der Waals surface area contributed by atoms with E-state index in [0.29, 0.717) is 6.54 Å². The Balaban J connectivity index is 2.89. The van der Waals surface area contributed by atoms with Gasteiger partial charge in [-0.25, -0.2) is 4.79 Å². The van der Waals surface area contributed by atoms with Crippen molar-refractivity contribution in [1.82, 2.24) is 4.57 Å². The van der Waals surface area contributed by atoms with Crippen LogP contribution in [0.2, 0.25) is 0 Å². The Kier molecular flexibility index (Phi) is 3.01. The molecule has 0 atom stereocenters. The van der Waals surface area contributed by atoms with E-state index in [2.05, 4.69) is 4.74 Å². The number of carbonyl (C=O) groups is 1. The molecule has 0 aliphatic heterocycles. The number of nitrogens with zero attached hydrogens (tertiary/aromatic N) is 2. The normalized spacial score (nSPS) is 11.5. The summed E-state index contributed by atoms with van der Waals surface area (Å²) in [6, 6.07) is -0.139. The van der Waals surface area contributed by atoms with Gasteiger partial charge >= 0.3 is 18.2 Å². The Morgan fingerprint density at radius 1 is 1.60 bits per heavy atom. The summed E-state index contributed by atoms with van der Waals surface area (Å²) in [5.41, 5.74) is 0. The zero-order valence-electron chi connectivity index (χ0n) is 8.21. The van der Waals surface area contributed by atoms with Crippen LogP contribution in [-0.2, 0) is 18.4 Å². The van der Waals surface area contributed by atoms with Crippen molar-refractivity contribution in [3.05, 3.63) is 12.4 Å². The molecule has 0 spiro atoms. The van der Waals surface area contributed by atoms with E-state index in [0.717, 1.165) is 0 Å². The maximum Gasteiger partial charge on any atom is 0.491 e. The summed E-state index contributed by atoms with van der Waals surface area (Å²) < 4.78 is 42.7. The first-order chi connectivity index (χ1) is 6.86. The van der Waals surface area contributed by atoms with Gasteiger partial charge in [-0.1, -0.05) is 0 Å². The summed E-state index contributed by atoms with van der Waals surface area (Å²) in [6.45, 7) is 2.15. The van der Waals surface area contributed by atoms with E-state index in [-0.39, 0.29) is 6.01 Å². The molecule has 1 aromatic heterocycles. The molecule has 0 aromatic carbocycles. The minimum atomic E-state index is -4.98. The van der Waals surface area contributed by atoms with Gasteiger partial charge in [0, 0.05) is 0 Å². The summed E-state index contributed by atoms with van der Waals surface area (Å²) in [4.78, 5) is 10.6. The Hall–Kier alpha value is -1.53. The maximum absolute atomic E-state index is 11.9. The Morgan fingerprint density at radius 2 is 2.20 bits per heavy atom. The van der Waals surface area contributed by atoms with Crippen LogP contribution >= 0.6 is 0 Å². The van der Waals surface area contributed by atoms with E-state index < -0.39 is 12.1 Å². The molecule has 1 rings (SSSR count). The first-order valence-corrected chi connectivity index (χ1v) is 4.20. The SMILES string of the molecule is CCn1cc[n+](C)c1OC(=O)C(F)(F)F. The lowest BCUT2D eigenvalue weighted by Crippen LogP contribution is -2.36. The number of hydrogen-bond donors (Lipinski definition) is 0. The van der Waals surface area contributed by atoms with Gasteiger partial charge in [0.05, 0.1) is 13.6 Å². The smallest absolute Gasteiger partial charge is 0.350 e. The second-order valence-corrected chi connectivity index (χ2v) is 2.86. The molecular formula is C8H10F3N2O2+. The van der Waals surface area contributed by atoms with Gasteiger partial charge in [0.25, 0.3) is 0 Å². The lowest BCUT2D eigenvalue weighted by molar-refractivity contribution is -0.675. The van der Waals surface area contributed by atoms with Crippen molar-refractivity contribution in [3.63, 3.8) is 0 Å². The summed E-state index contributed by atoms with van der Waals surface area (Å²) >= 11 is 0. The van der Waals surface area contributed by atoms with Crippen LogP contribution in [0.4, 0.5) is 13.2 Å². The number of carbonyl (C=O) groups excluding carboxylic acids is 1. The molecule has 7 heteroatoms. The monoisotopic (exact) mass is 223 g/mol. The lowest BCUT2D eigenvalue weighted by atomic mass is 10.6. The van der Waals surface area contributed by atoms with Gasteiger partial charge in [-0.3, -0.25) is 0 Å². The predicted molar refractivity (Wildman–Crippen MR) is 43.0 cm³/mol. The number of halogens is 3. The van der Waals surface area contributed by atoms with Crippen LogP contribution in [0, 0.1) is 0 Å². The van der Waals surface area contributed by atoms with Gasteiger partial charge in [0.1, 0.15) is 12.4 Å². The number of aryl methyl sites for hydroxylation is 2. The first kappa shape index (κ1) is 11.5. The average Bonchev–Trinajstić information content (AvgIpc) is 2.46. The molecule has 84 valence electrons. The van der Waals surface area contributed by atoms with Gasteiger partial charge in [-0.2, -0.15) is 22.3 Å². The average molecular weight is 223 g/mol. The van der Waals surface area contributed by atoms with Crippen molar-refractivity contribution in [2.24, 2.45) is 7.05 Å². The van der Waals surface area contributed by atoms with Crippen molar-refractivity contribution >= 4 is 5.97 Å². The Labute approximate surface area is 83.9 Å². The summed E-state index contributed by atoms with van der Waals surface area (Å²) in [5, 5.41) is 0.